The summed E-state index contributed by atoms with van der Waals surface area (Å²) < 4.78 is 32.8. The van der Waals surface area contributed by atoms with Gasteiger partial charge in [0.15, 0.2) is 6.10 Å². The van der Waals surface area contributed by atoms with Gasteiger partial charge in [-0.3, -0.25) is 18.6 Å². The lowest BCUT2D eigenvalue weighted by Crippen LogP contribution is -2.29. The highest BCUT2D eigenvalue weighted by molar-refractivity contribution is 7.47. The quantitative estimate of drug-likeness (QED) is 0.0265. The molecular formula is C53H90NO8P. The fourth-order valence-corrected chi connectivity index (χ4v) is 7.08. The molecule has 0 amide bonds. The molecule has 0 aliphatic carbocycles. The molecule has 0 aromatic rings. The molecule has 0 aliphatic rings. The van der Waals surface area contributed by atoms with Crippen LogP contribution in [0.1, 0.15) is 194 Å². The molecule has 0 heterocycles. The van der Waals surface area contributed by atoms with Gasteiger partial charge in [-0.15, -0.1) is 0 Å². The molecule has 0 spiro atoms. The van der Waals surface area contributed by atoms with Crippen LogP contribution in [0.4, 0.5) is 0 Å². The molecule has 0 aromatic heterocycles. The van der Waals surface area contributed by atoms with Crippen molar-refractivity contribution in [2.45, 2.75) is 200 Å². The summed E-state index contributed by atoms with van der Waals surface area (Å²) in [6.45, 7) is 3.55. The third kappa shape index (κ3) is 48.2. The predicted octanol–water partition coefficient (Wildman–Crippen LogP) is 14.9. The Morgan fingerprint density at radius 2 is 0.873 bits per heavy atom. The van der Waals surface area contributed by atoms with Crippen molar-refractivity contribution in [2.24, 2.45) is 5.73 Å². The molecule has 2 atom stereocenters. The van der Waals surface area contributed by atoms with Crippen LogP contribution in [0.15, 0.2) is 97.2 Å². The van der Waals surface area contributed by atoms with E-state index in [0.717, 1.165) is 89.9 Å². The van der Waals surface area contributed by atoms with Crippen LogP contribution in [0.5, 0.6) is 0 Å². The molecule has 0 saturated heterocycles. The molecule has 10 heteroatoms. The van der Waals surface area contributed by atoms with Crippen molar-refractivity contribution < 1.29 is 37.6 Å². The molecule has 2 unspecified atom stereocenters. The lowest BCUT2D eigenvalue weighted by atomic mass is 10.1. The molecule has 63 heavy (non-hydrogen) atoms. The summed E-state index contributed by atoms with van der Waals surface area (Å²) in [5.41, 5.74) is 5.36. The highest BCUT2D eigenvalue weighted by Gasteiger charge is 2.26. The van der Waals surface area contributed by atoms with Crippen molar-refractivity contribution in [3.05, 3.63) is 97.2 Å². The molecule has 360 valence electrons. The number of allylic oxidation sites excluding steroid dienone is 16. The molecular weight excluding hydrogens is 810 g/mol. The average Bonchev–Trinajstić information content (AvgIpc) is 3.27. The maximum atomic E-state index is 12.6. The molecule has 0 aromatic carbocycles. The van der Waals surface area contributed by atoms with Gasteiger partial charge in [-0.05, 0) is 96.3 Å². The van der Waals surface area contributed by atoms with E-state index < -0.39 is 32.5 Å². The van der Waals surface area contributed by atoms with Gasteiger partial charge < -0.3 is 20.1 Å². The number of esters is 2. The molecule has 0 bridgehead atoms. The van der Waals surface area contributed by atoms with E-state index in [1.165, 1.54) is 70.6 Å². The Bertz CT molecular complexity index is 1350. The lowest BCUT2D eigenvalue weighted by molar-refractivity contribution is -0.161. The van der Waals surface area contributed by atoms with Gasteiger partial charge in [0.1, 0.15) is 6.61 Å². The number of carbonyl (C=O) groups excluding carboxylic acids is 2. The number of phosphoric ester groups is 1. The van der Waals surface area contributed by atoms with Crippen molar-refractivity contribution in [2.75, 3.05) is 26.4 Å². The van der Waals surface area contributed by atoms with E-state index >= 15 is 0 Å². The summed E-state index contributed by atoms with van der Waals surface area (Å²) in [5, 5.41) is 0. The number of unbranched alkanes of at least 4 members (excludes halogenated alkanes) is 16. The largest absolute Gasteiger partial charge is 0.472 e. The number of rotatable bonds is 45. The van der Waals surface area contributed by atoms with Crippen LogP contribution in [-0.4, -0.2) is 49.3 Å². The first-order chi connectivity index (χ1) is 30.8. The van der Waals surface area contributed by atoms with Gasteiger partial charge >= 0.3 is 19.8 Å². The minimum atomic E-state index is -4.40. The van der Waals surface area contributed by atoms with E-state index in [0.29, 0.717) is 6.42 Å². The first-order valence-corrected chi connectivity index (χ1v) is 26.2. The van der Waals surface area contributed by atoms with Crippen LogP contribution in [0.25, 0.3) is 0 Å². The Labute approximate surface area is 385 Å². The van der Waals surface area contributed by atoms with Crippen LogP contribution < -0.4 is 5.73 Å². The van der Waals surface area contributed by atoms with Crippen molar-refractivity contribution in [1.29, 1.82) is 0 Å². The zero-order chi connectivity index (χ0) is 46.0. The summed E-state index contributed by atoms with van der Waals surface area (Å²) in [5.74, 6) is -0.890. The summed E-state index contributed by atoms with van der Waals surface area (Å²) in [6, 6.07) is 0. The average molecular weight is 900 g/mol. The highest BCUT2D eigenvalue weighted by atomic mass is 31.2. The zero-order valence-corrected chi connectivity index (χ0v) is 40.7. The van der Waals surface area contributed by atoms with Gasteiger partial charge in [0.25, 0.3) is 0 Å². The summed E-state index contributed by atoms with van der Waals surface area (Å²) in [6.07, 6.45) is 63.0. The van der Waals surface area contributed by atoms with E-state index in [9.17, 15) is 19.0 Å². The number of ether oxygens (including phenoxy) is 2. The van der Waals surface area contributed by atoms with Gasteiger partial charge in [0.2, 0.25) is 0 Å². The highest BCUT2D eigenvalue weighted by Crippen LogP contribution is 2.43. The van der Waals surface area contributed by atoms with Crippen LogP contribution in [0.3, 0.4) is 0 Å². The minimum absolute atomic E-state index is 0.0402. The van der Waals surface area contributed by atoms with E-state index in [1.807, 2.05) is 0 Å². The molecule has 0 aliphatic heterocycles. The molecule has 0 saturated carbocycles. The molecule has 0 radical (unpaired) electrons. The van der Waals surface area contributed by atoms with Gasteiger partial charge in [-0.1, -0.05) is 182 Å². The van der Waals surface area contributed by atoms with Crippen LogP contribution >= 0.6 is 7.82 Å². The Balaban J connectivity index is 4.19. The fourth-order valence-electron chi connectivity index (χ4n) is 6.31. The van der Waals surface area contributed by atoms with Gasteiger partial charge in [0, 0.05) is 19.4 Å². The molecule has 0 fully saturated rings. The normalized spacial score (nSPS) is 14.0. The summed E-state index contributed by atoms with van der Waals surface area (Å²) in [4.78, 5) is 35.0. The second kappa shape index (κ2) is 48.4. The Hall–Kier alpha value is -3.07. The second-order valence-corrected chi connectivity index (χ2v) is 17.4. The number of hydrogen-bond acceptors (Lipinski definition) is 8. The third-order valence-corrected chi connectivity index (χ3v) is 10.9. The Kier molecular flexibility index (Phi) is 46.0. The van der Waals surface area contributed by atoms with Gasteiger partial charge in [-0.2, -0.15) is 0 Å². The number of hydrogen-bond donors (Lipinski definition) is 2. The fraction of sp³-hybridized carbons (Fsp3) is 0.660. The lowest BCUT2D eigenvalue weighted by Gasteiger charge is -2.19. The van der Waals surface area contributed by atoms with Crippen molar-refractivity contribution in [1.82, 2.24) is 0 Å². The summed E-state index contributed by atoms with van der Waals surface area (Å²) >= 11 is 0. The topological polar surface area (TPSA) is 134 Å². The monoisotopic (exact) mass is 900 g/mol. The van der Waals surface area contributed by atoms with E-state index in [2.05, 4.69) is 111 Å². The molecule has 9 nitrogen and oxygen atoms in total. The number of phosphoric acid groups is 1. The standard InChI is InChI=1S/C53H90NO8P/c1-3-5-7-9-11-13-15-17-19-21-23-25-27-29-31-33-35-37-39-41-43-45-52(55)59-49-51(50-61-63(57,58)60-48-47-54)62-53(56)46-44-42-40-38-36-34-32-30-28-26-24-22-20-18-16-14-12-10-8-6-4-2/h6,8,12,14-15,17-18,20-21,23-24,26,30,32,36,38,51H,3-5,7,9-11,13,16,19,22,25,27-29,31,33-35,37,39-50,54H2,1-2H3,(H,57,58)/b8-6-,14-12-,17-15-,20-18-,23-21-,26-24-,32-30-,38-36-. The van der Waals surface area contributed by atoms with Gasteiger partial charge in [0.05, 0.1) is 13.2 Å². The Morgan fingerprint density at radius 3 is 1.33 bits per heavy atom. The SMILES string of the molecule is CC/C=C\C/C=C\C/C=C\C/C=C\C/C=C\C/C=C\CCCCC(=O)OC(COC(=O)CCCCCCCCCCC/C=C\C/C=C\CCCCCCC)COP(=O)(O)OCCN. The second-order valence-electron chi connectivity index (χ2n) is 15.9. The van der Waals surface area contributed by atoms with Crippen LogP contribution in [-0.2, 0) is 32.7 Å². The number of carbonyl (C=O) groups is 2. The first-order valence-electron chi connectivity index (χ1n) is 24.7. The van der Waals surface area contributed by atoms with E-state index in [1.54, 1.807) is 0 Å². The molecule has 3 N–H and O–H groups in total. The smallest absolute Gasteiger partial charge is 0.462 e. The zero-order valence-electron chi connectivity index (χ0n) is 39.8. The van der Waals surface area contributed by atoms with E-state index in [-0.39, 0.29) is 32.6 Å². The third-order valence-electron chi connectivity index (χ3n) is 9.95. The van der Waals surface area contributed by atoms with Crippen molar-refractivity contribution in [3.63, 3.8) is 0 Å². The first kappa shape index (κ1) is 59.9. The maximum Gasteiger partial charge on any atom is 0.472 e. The predicted molar refractivity (Wildman–Crippen MR) is 265 cm³/mol. The van der Waals surface area contributed by atoms with E-state index in [4.69, 9.17) is 24.3 Å². The van der Waals surface area contributed by atoms with Gasteiger partial charge in [-0.25, -0.2) is 4.57 Å². The number of nitrogens with two attached hydrogens (primary N) is 1. The van der Waals surface area contributed by atoms with Crippen molar-refractivity contribution >= 4 is 19.8 Å². The van der Waals surface area contributed by atoms with Crippen LogP contribution in [0.2, 0.25) is 0 Å². The summed E-state index contributed by atoms with van der Waals surface area (Å²) in [7, 11) is -4.40. The Morgan fingerprint density at radius 1 is 0.492 bits per heavy atom. The van der Waals surface area contributed by atoms with Crippen LogP contribution in [0, 0.1) is 0 Å². The van der Waals surface area contributed by atoms with Crippen molar-refractivity contribution in [3.8, 4) is 0 Å². The minimum Gasteiger partial charge on any atom is -0.462 e. The molecule has 0 rings (SSSR count). The maximum absolute atomic E-state index is 12.6.